The fraction of sp³-hybridized carbons (Fsp3) is 0.467. The van der Waals surface area contributed by atoms with Gasteiger partial charge in [-0.15, -0.1) is 0 Å². The van der Waals surface area contributed by atoms with Crippen molar-refractivity contribution in [3.8, 4) is 0 Å². The van der Waals surface area contributed by atoms with E-state index in [0.717, 1.165) is 18.4 Å². The number of carbonyl (C=O) groups is 2. The van der Waals surface area contributed by atoms with Gasteiger partial charge in [-0.2, -0.15) is 0 Å². The molecule has 0 bridgehead atoms. The standard InChI is InChI=1S/C15H20N2O3/c1-2-20-15(19)17-13(11-6-4-3-5-7-11)10-14(18)16-12-8-9-12/h3-7,12-13H,2,8-10H2,1H3,(H,16,18)(H,17,19)/t13-/m1/s1. The first-order valence-electron chi connectivity index (χ1n) is 6.96. The SMILES string of the molecule is CCOC(=O)N[C@H](CC(=O)NC1CC1)c1ccccc1. The lowest BCUT2D eigenvalue weighted by Crippen LogP contribution is -2.34. The average Bonchev–Trinajstić information content (AvgIpc) is 3.23. The van der Waals surface area contributed by atoms with Crippen molar-refractivity contribution in [3.05, 3.63) is 35.9 Å². The number of amides is 2. The number of carbonyl (C=O) groups excluding carboxylic acids is 2. The summed E-state index contributed by atoms with van der Waals surface area (Å²) in [5.41, 5.74) is 0.895. The normalized spacial score (nSPS) is 15.2. The van der Waals surface area contributed by atoms with Crippen molar-refractivity contribution in [1.29, 1.82) is 0 Å². The molecule has 0 aromatic heterocycles. The summed E-state index contributed by atoms with van der Waals surface area (Å²) in [7, 11) is 0. The fourth-order valence-corrected chi connectivity index (χ4v) is 1.95. The molecular weight excluding hydrogens is 256 g/mol. The Labute approximate surface area is 118 Å². The number of ether oxygens (including phenoxy) is 1. The summed E-state index contributed by atoms with van der Waals surface area (Å²) < 4.78 is 4.89. The molecule has 2 N–H and O–H groups in total. The van der Waals surface area contributed by atoms with Crippen LogP contribution in [-0.2, 0) is 9.53 Å². The first-order valence-corrected chi connectivity index (χ1v) is 6.96. The van der Waals surface area contributed by atoms with Crippen LogP contribution < -0.4 is 10.6 Å². The van der Waals surface area contributed by atoms with Crippen molar-refractivity contribution in [1.82, 2.24) is 10.6 Å². The molecule has 0 heterocycles. The molecule has 5 heteroatoms. The van der Waals surface area contributed by atoms with E-state index in [0.29, 0.717) is 12.6 Å². The van der Waals surface area contributed by atoms with E-state index >= 15 is 0 Å². The third kappa shape index (κ3) is 4.57. The highest BCUT2D eigenvalue weighted by Crippen LogP contribution is 2.21. The van der Waals surface area contributed by atoms with E-state index in [-0.39, 0.29) is 18.4 Å². The second kappa shape index (κ2) is 6.93. The van der Waals surface area contributed by atoms with Gasteiger partial charge in [0.2, 0.25) is 5.91 Å². The summed E-state index contributed by atoms with van der Waals surface area (Å²) in [6.07, 6.45) is 1.82. The highest BCUT2D eigenvalue weighted by Gasteiger charge is 2.25. The minimum absolute atomic E-state index is 0.0434. The third-order valence-corrected chi connectivity index (χ3v) is 3.10. The number of benzene rings is 1. The molecule has 20 heavy (non-hydrogen) atoms. The molecule has 0 saturated heterocycles. The van der Waals surface area contributed by atoms with E-state index in [1.54, 1.807) is 6.92 Å². The molecule has 1 aromatic rings. The van der Waals surface area contributed by atoms with Crippen molar-refractivity contribution in [3.63, 3.8) is 0 Å². The van der Waals surface area contributed by atoms with Crippen LogP contribution in [0.25, 0.3) is 0 Å². The molecule has 2 amide bonds. The van der Waals surface area contributed by atoms with Crippen LogP contribution in [0.3, 0.4) is 0 Å². The number of rotatable bonds is 6. The van der Waals surface area contributed by atoms with Crippen LogP contribution in [0.5, 0.6) is 0 Å². The maximum Gasteiger partial charge on any atom is 0.407 e. The predicted molar refractivity (Wildman–Crippen MR) is 75.1 cm³/mol. The maximum absolute atomic E-state index is 11.9. The number of hydrogen-bond acceptors (Lipinski definition) is 3. The summed E-state index contributed by atoms with van der Waals surface area (Å²) >= 11 is 0. The van der Waals surface area contributed by atoms with Crippen LogP contribution in [0, 0.1) is 0 Å². The van der Waals surface area contributed by atoms with Gasteiger partial charge in [0.05, 0.1) is 19.1 Å². The first kappa shape index (κ1) is 14.4. The Morgan fingerprint density at radius 3 is 2.60 bits per heavy atom. The molecule has 1 saturated carbocycles. The maximum atomic E-state index is 11.9. The van der Waals surface area contributed by atoms with Crippen LogP contribution in [0.4, 0.5) is 4.79 Å². The lowest BCUT2D eigenvalue weighted by Gasteiger charge is -2.18. The number of alkyl carbamates (subject to hydrolysis) is 1. The molecule has 108 valence electrons. The van der Waals surface area contributed by atoms with Gasteiger partial charge >= 0.3 is 6.09 Å². The van der Waals surface area contributed by atoms with Crippen molar-refractivity contribution in [2.24, 2.45) is 0 Å². The molecule has 0 spiro atoms. The minimum atomic E-state index is -0.499. The smallest absolute Gasteiger partial charge is 0.407 e. The quantitative estimate of drug-likeness (QED) is 0.836. The fourth-order valence-electron chi connectivity index (χ4n) is 1.95. The van der Waals surface area contributed by atoms with Gasteiger partial charge in [-0.3, -0.25) is 4.79 Å². The van der Waals surface area contributed by atoms with Gasteiger partial charge in [0.15, 0.2) is 0 Å². The number of nitrogens with one attached hydrogen (secondary N) is 2. The van der Waals surface area contributed by atoms with Gasteiger partial charge in [-0.25, -0.2) is 4.79 Å². The van der Waals surface area contributed by atoms with Gasteiger partial charge in [-0.05, 0) is 25.3 Å². The van der Waals surface area contributed by atoms with Crippen LogP contribution in [0.15, 0.2) is 30.3 Å². The zero-order valence-electron chi connectivity index (χ0n) is 11.6. The van der Waals surface area contributed by atoms with Crippen molar-refractivity contribution in [2.75, 3.05) is 6.61 Å². The molecule has 5 nitrogen and oxygen atoms in total. The predicted octanol–water partition coefficient (Wildman–Crippen LogP) is 2.14. The van der Waals surface area contributed by atoms with E-state index < -0.39 is 6.09 Å². The van der Waals surface area contributed by atoms with E-state index in [1.807, 2.05) is 30.3 Å². The Bertz CT molecular complexity index is 457. The Balaban J connectivity index is 1.98. The summed E-state index contributed by atoms with van der Waals surface area (Å²) in [4.78, 5) is 23.5. The third-order valence-electron chi connectivity index (χ3n) is 3.10. The van der Waals surface area contributed by atoms with E-state index in [9.17, 15) is 9.59 Å². The highest BCUT2D eigenvalue weighted by atomic mass is 16.5. The second-order valence-electron chi connectivity index (χ2n) is 4.87. The molecule has 1 aliphatic rings. The lowest BCUT2D eigenvalue weighted by atomic mass is 10.0. The monoisotopic (exact) mass is 276 g/mol. The molecule has 1 aromatic carbocycles. The summed E-state index contributed by atoms with van der Waals surface area (Å²) in [6.45, 7) is 2.05. The number of hydrogen-bond donors (Lipinski definition) is 2. The van der Waals surface area contributed by atoms with Gasteiger partial charge in [-0.1, -0.05) is 30.3 Å². The van der Waals surface area contributed by atoms with Crippen molar-refractivity contribution >= 4 is 12.0 Å². The molecule has 1 atom stereocenters. The Morgan fingerprint density at radius 1 is 1.30 bits per heavy atom. The van der Waals surface area contributed by atoms with Crippen LogP contribution in [0.1, 0.15) is 37.8 Å². The highest BCUT2D eigenvalue weighted by molar-refractivity contribution is 5.78. The van der Waals surface area contributed by atoms with Crippen LogP contribution in [0.2, 0.25) is 0 Å². The topological polar surface area (TPSA) is 67.4 Å². The van der Waals surface area contributed by atoms with E-state index in [2.05, 4.69) is 10.6 Å². The van der Waals surface area contributed by atoms with E-state index in [4.69, 9.17) is 4.74 Å². The van der Waals surface area contributed by atoms with E-state index in [1.165, 1.54) is 0 Å². The van der Waals surface area contributed by atoms with Crippen molar-refractivity contribution < 1.29 is 14.3 Å². The Morgan fingerprint density at radius 2 is 2.00 bits per heavy atom. The molecule has 1 aliphatic carbocycles. The molecular formula is C15H20N2O3. The molecule has 0 aliphatic heterocycles. The van der Waals surface area contributed by atoms with Crippen LogP contribution in [-0.4, -0.2) is 24.6 Å². The summed E-state index contributed by atoms with van der Waals surface area (Å²) in [5.74, 6) is -0.0434. The van der Waals surface area contributed by atoms with Gasteiger partial charge in [0.1, 0.15) is 0 Å². The van der Waals surface area contributed by atoms with Crippen molar-refractivity contribution in [2.45, 2.75) is 38.3 Å². The molecule has 1 fully saturated rings. The zero-order chi connectivity index (χ0) is 14.4. The van der Waals surface area contributed by atoms with Gasteiger partial charge < -0.3 is 15.4 Å². The Kier molecular flexibility index (Phi) is 4.98. The Hall–Kier alpha value is -2.04. The molecule has 0 radical (unpaired) electrons. The largest absolute Gasteiger partial charge is 0.450 e. The molecule has 0 unspecified atom stereocenters. The second-order valence-corrected chi connectivity index (χ2v) is 4.87. The van der Waals surface area contributed by atoms with Gasteiger partial charge in [0.25, 0.3) is 0 Å². The van der Waals surface area contributed by atoms with Gasteiger partial charge in [0, 0.05) is 6.04 Å². The summed E-state index contributed by atoms with van der Waals surface area (Å²) in [5, 5.41) is 5.67. The average molecular weight is 276 g/mol. The van der Waals surface area contributed by atoms with Crippen LogP contribution >= 0.6 is 0 Å². The first-order chi connectivity index (χ1) is 9.69. The minimum Gasteiger partial charge on any atom is -0.450 e. The molecule has 2 rings (SSSR count). The summed E-state index contributed by atoms with van der Waals surface area (Å²) in [6, 6.07) is 9.40. The lowest BCUT2D eigenvalue weighted by molar-refractivity contribution is -0.121. The zero-order valence-corrected chi connectivity index (χ0v) is 11.6.